The standard InChI is InChI=1S/C13H17ClN2O3/c1-3-7(2)11(13(18)19)16-12(17)8-4-9(14)6-10(15)5-8/h4-7,11H,3,15H2,1-2H3,(H,16,17)(H,18,19). The molecule has 104 valence electrons. The molecule has 0 bridgehead atoms. The summed E-state index contributed by atoms with van der Waals surface area (Å²) >= 11 is 5.81. The van der Waals surface area contributed by atoms with Gasteiger partial charge in [0.1, 0.15) is 6.04 Å². The molecule has 0 aliphatic rings. The van der Waals surface area contributed by atoms with Gasteiger partial charge in [-0.25, -0.2) is 4.79 Å². The molecule has 1 aromatic carbocycles. The van der Waals surface area contributed by atoms with Crippen LogP contribution in [0.25, 0.3) is 0 Å². The van der Waals surface area contributed by atoms with Gasteiger partial charge in [0.2, 0.25) is 0 Å². The van der Waals surface area contributed by atoms with E-state index in [1.165, 1.54) is 18.2 Å². The summed E-state index contributed by atoms with van der Waals surface area (Å²) in [7, 11) is 0. The van der Waals surface area contributed by atoms with Gasteiger partial charge in [0, 0.05) is 16.3 Å². The first-order valence-electron chi connectivity index (χ1n) is 5.94. The van der Waals surface area contributed by atoms with Crippen LogP contribution in [0.15, 0.2) is 18.2 Å². The van der Waals surface area contributed by atoms with Crippen LogP contribution in [0.5, 0.6) is 0 Å². The van der Waals surface area contributed by atoms with Crippen LogP contribution < -0.4 is 11.1 Å². The van der Waals surface area contributed by atoms with Crippen molar-refractivity contribution in [1.82, 2.24) is 5.32 Å². The molecule has 0 aliphatic carbocycles. The zero-order valence-corrected chi connectivity index (χ0v) is 11.6. The number of anilines is 1. The number of carboxylic acids is 1. The lowest BCUT2D eigenvalue weighted by Gasteiger charge is -2.20. The van der Waals surface area contributed by atoms with Crippen LogP contribution in [0.2, 0.25) is 5.02 Å². The summed E-state index contributed by atoms with van der Waals surface area (Å²) in [6.45, 7) is 3.63. The Labute approximate surface area is 116 Å². The molecule has 0 aromatic heterocycles. The minimum Gasteiger partial charge on any atom is -0.480 e. The first kappa shape index (κ1) is 15.3. The van der Waals surface area contributed by atoms with Gasteiger partial charge in [-0.1, -0.05) is 31.9 Å². The van der Waals surface area contributed by atoms with Crippen molar-refractivity contribution in [3.63, 3.8) is 0 Å². The predicted molar refractivity (Wildman–Crippen MR) is 74.2 cm³/mol. The number of benzene rings is 1. The van der Waals surface area contributed by atoms with Gasteiger partial charge in [0.05, 0.1) is 0 Å². The summed E-state index contributed by atoms with van der Waals surface area (Å²) < 4.78 is 0. The monoisotopic (exact) mass is 284 g/mol. The molecule has 1 amide bonds. The molecule has 0 saturated carbocycles. The summed E-state index contributed by atoms with van der Waals surface area (Å²) in [5.41, 5.74) is 6.20. The number of rotatable bonds is 5. The Morgan fingerprint density at radius 3 is 2.53 bits per heavy atom. The second kappa shape index (κ2) is 6.43. The smallest absolute Gasteiger partial charge is 0.326 e. The number of hydrogen-bond acceptors (Lipinski definition) is 3. The van der Waals surface area contributed by atoms with Crippen LogP contribution in [0.1, 0.15) is 30.6 Å². The molecule has 19 heavy (non-hydrogen) atoms. The van der Waals surface area contributed by atoms with Crippen LogP contribution in [0.3, 0.4) is 0 Å². The first-order chi connectivity index (χ1) is 8.85. The largest absolute Gasteiger partial charge is 0.480 e. The molecule has 2 atom stereocenters. The quantitative estimate of drug-likeness (QED) is 0.722. The number of nitrogens with two attached hydrogens (primary N) is 1. The Morgan fingerprint density at radius 2 is 2.05 bits per heavy atom. The average molecular weight is 285 g/mol. The maximum absolute atomic E-state index is 12.0. The second-order valence-electron chi connectivity index (χ2n) is 4.45. The van der Waals surface area contributed by atoms with E-state index in [1.54, 1.807) is 6.92 Å². The molecule has 0 spiro atoms. The lowest BCUT2D eigenvalue weighted by molar-refractivity contribution is -0.140. The van der Waals surface area contributed by atoms with E-state index in [1.807, 2.05) is 6.92 Å². The molecule has 0 saturated heterocycles. The Balaban J connectivity index is 2.90. The zero-order chi connectivity index (χ0) is 14.6. The van der Waals surface area contributed by atoms with E-state index in [-0.39, 0.29) is 11.5 Å². The minimum absolute atomic E-state index is 0.169. The summed E-state index contributed by atoms with van der Waals surface area (Å²) in [5.74, 6) is -1.72. The highest BCUT2D eigenvalue weighted by molar-refractivity contribution is 6.31. The maximum Gasteiger partial charge on any atom is 0.326 e. The van der Waals surface area contributed by atoms with Crippen molar-refractivity contribution in [3.05, 3.63) is 28.8 Å². The number of carbonyl (C=O) groups excluding carboxylic acids is 1. The number of aliphatic carboxylic acids is 1. The van der Waals surface area contributed by atoms with Crippen molar-refractivity contribution in [2.75, 3.05) is 5.73 Å². The van der Waals surface area contributed by atoms with Crippen molar-refractivity contribution >= 4 is 29.2 Å². The molecule has 0 heterocycles. The van der Waals surface area contributed by atoms with E-state index in [0.29, 0.717) is 17.1 Å². The lowest BCUT2D eigenvalue weighted by Crippen LogP contribution is -2.45. The Kier molecular flexibility index (Phi) is 5.18. The molecular weight excluding hydrogens is 268 g/mol. The number of carbonyl (C=O) groups is 2. The molecule has 1 aromatic rings. The summed E-state index contributed by atoms with van der Waals surface area (Å²) in [5, 5.41) is 11.9. The van der Waals surface area contributed by atoms with E-state index >= 15 is 0 Å². The summed E-state index contributed by atoms with van der Waals surface area (Å²) in [6.07, 6.45) is 0.648. The first-order valence-corrected chi connectivity index (χ1v) is 6.32. The number of hydrogen-bond donors (Lipinski definition) is 3. The van der Waals surface area contributed by atoms with Crippen molar-refractivity contribution < 1.29 is 14.7 Å². The van der Waals surface area contributed by atoms with E-state index in [2.05, 4.69) is 5.32 Å². The highest BCUT2D eigenvalue weighted by atomic mass is 35.5. The van der Waals surface area contributed by atoms with Gasteiger partial charge in [-0.15, -0.1) is 0 Å². The van der Waals surface area contributed by atoms with Crippen molar-refractivity contribution in [2.24, 2.45) is 5.92 Å². The van der Waals surface area contributed by atoms with Gasteiger partial charge in [0.15, 0.2) is 0 Å². The lowest BCUT2D eigenvalue weighted by atomic mass is 9.99. The molecule has 0 radical (unpaired) electrons. The highest BCUT2D eigenvalue weighted by Crippen LogP contribution is 2.17. The maximum atomic E-state index is 12.0. The Bertz CT molecular complexity index is 471. The topological polar surface area (TPSA) is 92.4 Å². The van der Waals surface area contributed by atoms with Gasteiger partial charge in [-0.05, 0) is 24.1 Å². The fourth-order valence-corrected chi connectivity index (χ4v) is 1.89. The Morgan fingerprint density at radius 1 is 1.42 bits per heavy atom. The van der Waals surface area contributed by atoms with Crippen LogP contribution >= 0.6 is 11.6 Å². The third kappa shape index (κ3) is 4.13. The molecule has 0 aliphatic heterocycles. The molecule has 6 heteroatoms. The van der Waals surface area contributed by atoms with E-state index in [9.17, 15) is 9.59 Å². The Hall–Kier alpha value is -1.75. The van der Waals surface area contributed by atoms with Gasteiger partial charge >= 0.3 is 5.97 Å². The third-order valence-electron chi connectivity index (χ3n) is 2.95. The molecule has 4 N–H and O–H groups in total. The average Bonchev–Trinajstić information content (AvgIpc) is 2.33. The number of carboxylic acid groups (broad SMARTS) is 1. The zero-order valence-electron chi connectivity index (χ0n) is 10.8. The number of amides is 1. The van der Waals surface area contributed by atoms with Crippen LogP contribution in [-0.2, 0) is 4.79 Å². The molecule has 0 fully saturated rings. The predicted octanol–water partition coefficient (Wildman–Crippen LogP) is 2.15. The molecule has 5 nitrogen and oxygen atoms in total. The van der Waals surface area contributed by atoms with E-state index in [0.717, 1.165) is 0 Å². The second-order valence-corrected chi connectivity index (χ2v) is 4.88. The van der Waals surface area contributed by atoms with Gasteiger partial charge in [-0.2, -0.15) is 0 Å². The van der Waals surface area contributed by atoms with Crippen molar-refractivity contribution in [1.29, 1.82) is 0 Å². The molecular formula is C13H17ClN2O3. The minimum atomic E-state index is -1.06. The summed E-state index contributed by atoms with van der Waals surface area (Å²) in [6, 6.07) is 3.49. The summed E-state index contributed by atoms with van der Waals surface area (Å²) in [4.78, 5) is 23.1. The van der Waals surface area contributed by atoms with Crippen LogP contribution in [0.4, 0.5) is 5.69 Å². The van der Waals surface area contributed by atoms with Crippen molar-refractivity contribution in [3.8, 4) is 0 Å². The number of halogens is 1. The van der Waals surface area contributed by atoms with Crippen LogP contribution in [0, 0.1) is 5.92 Å². The SMILES string of the molecule is CCC(C)C(NC(=O)c1cc(N)cc(Cl)c1)C(=O)O. The van der Waals surface area contributed by atoms with Gasteiger partial charge in [-0.3, -0.25) is 4.79 Å². The third-order valence-corrected chi connectivity index (χ3v) is 3.17. The number of nitrogens with one attached hydrogen (secondary N) is 1. The van der Waals surface area contributed by atoms with E-state index in [4.69, 9.17) is 22.4 Å². The van der Waals surface area contributed by atoms with Crippen LogP contribution in [-0.4, -0.2) is 23.0 Å². The van der Waals surface area contributed by atoms with E-state index < -0.39 is 17.9 Å². The van der Waals surface area contributed by atoms with Crippen molar-refractivity contribution in [2.45, 2.75) is 26.3 Å². The van der Waals surface area contributed by atoms with Gasteiger partial charge < -0.3 is 16.2 Å². The highest BCUT2D eigenvalue weighted by Gasteiger charge is 2.25. The number of nitrogen functional groups attached to an aromatic ring is 1. The molecule has 2 unspecified atom stereocenters. The molecule has 1 rings (SSSR count). The normalized spacial score (nSPS) is 13.6. The fourth-order valence-electron chi connectivity index (χ4n) is 1.65. The van der Waals surface area contributed by atoms with Gasteiger partial charge in [0.25, 0.3) is 5.91 Å². The fraction of sp³-hybridized carbons (Fsp3) is 0.385.